The van der Waals surface area contributed by atoms with Crippen LogP contribution in [-0.2, 0) is 15.4 Å². The number of hydrogen-bond donors (Lipinski definition) is 1. The number of anilines is 1. The molecule has 27 heavy (non-hydrogen) atoms. The van der Waals surface area contributed by atoms with E-state index in [4.69, 9.17) is 11.6 Å². The van der Waals surface area contributed by atoms with Crippen molar-refractivity contribution in [1.82, 2.24) is 23.9 Å². The molecular formula is C17H25ClN6O2S. The van der Waals surface area contributed by atoms with Gasteiger partial charge in [-0.3, -0.25) is 0 Å². The molecule has 2 aromatic rings. The number of halogens is 1. The quantitative estimate of drug-likeness (QED) is 0.810. The van der Waals surface area contributed by atoms with E-state index in [1.807, 2.05) is 4.52 Å². The minimum absolute atomic E-state index is 0.0580. The Morgan fingerprint density at radius 1 is 1.33 bits per heavy atom. The topological polar surface area (TPSA) is 92.5 Å². The summed E-state index contributed by atoms with van der Waals surface area (Å²) in [5, 5.41) is 8.46. The van der Waals surface area contributed by atoms with Crippen molar-refractivity contribution in [2.45, 2.75) is 56.9 Å². The van der Waals surface area contributed by atoms with Gasteiger partial charge in [0.25, 0.3) is 0 Å². The van der Waals surface area contributed by atoms with Crippen molar-refractivity contribution < 1.29 is 8.42 Å². The first-order valence-corrected chi connectivity index (χ1v) is 11.7. The van der Waals surface area contributed by atoms with Crippen molar-refractivity contribution >= 4 is 33.1 Å². The molecule has 0 bridgehead atoms. The smallest absolute Gasteiger partial charge is 0.241 e. The Labute approximate surface area is 164 Å². The molecule has 0 unspecified atom stereocenters. The molecule has 1 N–H and O–H groups in total. The lowest BCUT2D eigenvalue weighted by Crippen LogP contribution is -2.42. The fourth-order valence-electron chi connectivity index (χ4n) is 4.11. The molecule has 8 nitrogen and oxygen atoms in total. The zero-order valence-electron chi connectivity index (χ0n) is 15.7. The second kappa shape index (κ2) is 6.86. The molecule has 2 aliphatic rings. The van der Waals surface area contributed by atoms with E-state index in [0.29, 0.717) is 24.2 Å². The zero-order chi connectivity index (χ0) is 19.2. The molecule has 0 atom stereocenters. The summed E-state index contributed by atoms with van der Waals surface area (Å²) in [5.41, 5.74) is 0.784. The van der Waals surface area contributed by atoms with Crippen LogP contribution in [0.2, 0.25) is 5.15 Å². The minimum atomic E-state index is -3.12. The van der Waals surface area contributed by atoms with Gasteiger partial charge in [-0.05, 0) is 32.1 Å². The van der Waals surface area contributed by atoms with Crippen LogP contribution in [-0.4, -0.2) is 57.7 Å². The van der Waals surface area contributed by atoms with Crippen LogP contribution in [0, 0.1) is 0 Å². The van der Waals surface area contributed by atoms with Crippen LogP contribution in [0.5, 0.6) is 0 Å². The highest BCUT2D eigenvalue weighted by Gasteiger charge is 2.41. The number of piperidine rings is 1. The Hall–Kier alpha value is -1.45. The number of nitrogens with zero attached hydrogens (tertiary/aromatic N) is 5. The standard InChI is InChI=1S/C17H25ClN6O2S/c1-3-17(7-4-8-17)15-21-14(18)13-11-19-16(22-24(13)15)20-12-5-9-23(10-6-12)27(2,25)26/h11-12H,3-10H2,1-2H3,(H,20,22). The van der Waals surface area contributed by atoms with Crippen LogP contribution in [0.3, 0.4) is 0 Å². The van der Waals surface area contributed by atoms with Gasteiger partial charge in [0.05, 0.1) is 12.5 Å². The first kappa shape index (κ1) is 18.9. The fourth-order valence-corrected chi connectivity index (χ4v) is 5.20. The van der Waals surface area contributed by atoms with Gasteiger partial charge in [-0.15, -0.1) is 5.10 Å². The maximum atomic E-state index is 11.7. The first-order chi connectivity index (χ1) is 12.8. The third-order valence-corrected chi connectivity index (χ3v) is 7.65. The summed E-state index contributed by atoms with van der Waals surface area (Å²) in [4.78, 5) is 9.00. The number of fused-ring (bicyclic) bond motifs is 1. The van der Waals surface area contributed by atoms with E-state index >= 15 is 0 Å². The van der Waals surface area contributed by atoms with Crippen LogP contribution in [0.25, 0.3) is 5.52 Å². The van der Waals surface area contributed by atoms with Crippen molar-refractivity contribution in [2.24, 2.45) is 0 Å². The van der Waals surface area contributed by atoms with Gasteiger partial charge in [-0.2, -0.15) is 0 Å². The second-order valence-electron chi connectivity index (χ2n) is 7.67. The van der Waals surface area contributed by atoms with Crippen LogP contribution < -0.4 is 5.32 Å². The molecule has 4 rings (SSSR count). The van der Waals surface area contributed by atoms with Crippen LogP contribution >= 0.6 is 11.6 Å². The summed E-state index contributed by atoms with van der Waals surface area (Å²) in [6, 6.07) is 0.145. The largest absolute Gasteiger partial charge is 0.350 e. The number of imidazole rings is 1. The number of hydrogen-bond acceptors (Lipinski definition) is 6. The van der Waals surface area contributed by atoms with Crippen molar-refractivity contribution in [3.8, 4) is 0 Å². The van der Waals surface area contributed by atoms with Crippen molar-refractivity contribution in [1.29, 1.82) is 0 Å². The third kappa shape index (κ3) is 3.40. The predicted octanol–water partition coefficient (Wildman–Crippen LogP) is 2.45. The van der Waals surface area contributed by atoms with Crippen LogP contribution in [0.15, 0.2) is 6.20 Å². The van der Waals surface area contributed by atoms with E-state index in [1.165, 1.54) is 17.0 Å². The zero-order valence-corrected chi connectivity index (χ0v) is 17.2. The van der Waals surface area contributed by atoms with E-state index in [1.54, 1.807) is 6.20 Å². The fraction of sp³-hybridized carbons (Fsp3) is 0.706. The molecule has 1 aliphatic heterocycles. The summed E-state index contributed by atoms with van der Waals surface area (Å²) in [7, 11) is -3.12. The van der Waals surface area contributed by atoms with Crippen molar-refractivity contribution in [3.63, 3.8) is 0 Å². The lowest BCUT2D eigenvalue weighted by Gasteiger charge is -2.39. The molecule has 2 aromatic heterocycles. The second-order valence-corrected chi connectivity index (χ2v) is 10.0. The molecule has 3 heterocycles. The SMILES string of the molecule is CCC1(c2nc(Cl)c3cnc(NC4CCN(S(C)(=O)=O)CC4)nn23)CCC1. The van der Waals surface area contributed by atoms with Crippen LogP contribution in [0.1, 0.15) is 51.3 Å². The number of sulfonamides is 1. The summed E-state index contributed by atoms with van der Waals surface area (Å²) >= 11 is 6.33. The minimum Gasteiger partial charge on any atom is -0.350 e. The molecule has 1 saturated heterocycles. The molecule has 0 aromatic carbocycles. The Kier molecular flexibility index (Phi) is 4.80. The third-order valence-electron chi connectivity index (χ3n) is 6.07. The van der Waals surface area contributed by atoms with Gasteiger partial charge in [0.1, 0.15) is 11.3 Å². The van der Waals surface area contributed by atoms with E-state index < -0.39 is 10.0 Å². The van der Waals surface area contributed by atoms with E-state index in [2.05, 4.69) is 27.3 Å². The molecule has 0 amide bonds. The monoisotopic (exact) mass is 412 g/mol. The van der Waals surface area contributed by atoms with Crippen molar-refractivity contribution in [3.05, 3.63) is 17.2 Å². The molecule has 1 saturated carbocycles. The summed E-state index contributed by atoms with van der Waals surface area (Å²) in [5.74, 6) is 1.45. The summed E-state index contributed by atoms with van der Waals surface area (Å²) in [6.45, 7) is 3.21. The molecular weight excluding hydrogens is 388 g/mol. The molecule has 2 fully saturated rings. The Bertz CT molecular complexity index is 942. The maximum absolute atomic E-state index is 11.7. The summed E-state index contributed by atoms with van der Waals surface area (Å²) in [6.07, 6.45) is 8.85. The molecule has 1 aliphatic carbocycles. The van der Waals surface area contributed by atoms with Gasteiger partial charge in [0, 0.05) is 24.5 Å². The van der Waals surface area contributed by atoms with Gasteiger partial charge < -0.3 is 5.32 Å². The first-order valence-electron chi connectivity index (χ1n) is 9.46. The van der Waals surface area contributed by atoms with E-state index in [-0.39, 0.29) is 11.5 Å². The molecule has 10 heteroatoms. The summed E-state index contributed by atoms with van der Waals surface area (Å²) < 4.78 is 26.7. The normalized spacial score (nSPS) is 21.3. The Morgan fingerprint density at radius 3 is 2.59 bits per heavy atom. The number of aromatic nitrogens is 4. The number of nitrogens with one attached hydrogen (secondary N) is 1. The average molecular weight is 413 g/mol. The maximum Gasteiger partial charge on any atom is 0.241 e. The molecule has 0 spiro atoms. The highest BCUT2D eigenvalue weighted by Crippen LogP contribution is 2.46. The van der Waals surface area contributed by atoms with Gasteiger partial charge in [-0.25, -0.2) is 27.2 Å². The van der Waals surface area contributed by atoms with Gasteiger partial charge >= 0.3 is 0 Å². The van der Waals surface area contributed by atoms with Gasteiger partial charge in [0.15, 0.2) is 5.15 Å². The Balaban J connectivity index is 1.56. The van der Waals surface area contributed by atoms with Gasteiger partial charge in [0.2, 0.25) is 16.0 Å². The van der Waals surface area contributed by atoms with Gasteiger partial charge in [-0.1, -0.05) is 24.9 Å². The lowest BCUT2D eigenvalue weighted by molar-refractivity contribution is 0.217. The Morgan fingerprint density at radius 2 is 2.04 bits per heavy atom. The molecule has 148 valence electrons. The van der Waals surface area contributed by atoms with Crippen molar-refractivity contribution in [2.75, 3.05) is 24.7 Å². The van der Waals surface area contributed by atoms with E-state index in [9.17, 15) is 8.42 Å². The highest BCUT2D eigenvalue weighted by molar-refractivity contribution is 7.88. The van der Waals surface area contributed by atoms with E-state index in [0.717, 1.165) is 43.4 Å². The lowest BCUT2D eigenvalue weighted by atomic mass is 9.66. The number of rotatable bonds is 5. The van der Waals surface area contributed by atoms with Crippen LogP contribution in [0.4, 0.5) is 5.95 Å². The highest BCUT2D eigenvalue weighted by atomic mass is 35.5. The average Bonchev–Trinajstić information content (AvgIpc) is 2.91. The molecule has 0 radical (unpaired) electrons. The predicted molar refractivity (Wildman–Crippen MR) is 105 cm³/mol.